The van der Waals surface area contributed by atoms with E-state index in [1.165, 1.54) is 0 Å². The van der Waals surface area contributed by atoms with E-state index in [0.717, 1.165) is 41.5 Å². The lowest BCUT2D eigenvalue weighted by molar-refractivity contribution is 0.0656. The number of carbonyl (C=O) groups excluding carboxylic acids is 1. The summed E-state index contributed by atoms with van der Waals surface area (Å²) < 4.78 is 0. The molecule has 7 heteroatoms. The Morgan fingerprint density at radius 1 is 1.39 bits per heavy atom. The zero-order valence-corrected chi connectivity index (χ0v) is 15.6. The van der Waals surface area contributed by atoms with Gasteiger partial charge in [0.05, 0.1) is 0 Å². The number of piperazine rings is 1. The molecule has 0 spiro atoms. The highest BCUT2D eigenvalue weighted by atomic mass is 35.5. The fourth-order valence-electron chi connectivity index (χ4n) is 2.58. The Bertz CT molecular complexity index is 662. The van der Waals surface area contributed by atoms with Crippen molar-refractivity contribution in [1.29, 1.82) is 0 Å². The minimum absolute atomic E-state index is 0. The first-order valence-electron chi connectivity index (χ1n) is 7.19. The molecule has 1 aromatic heterocycles. The number of aryl methyl sites for hydroxylation is 1. The van der Waals surface area contributed by atoms with Gasteiger partial charge >= 0.3 is 0 Å². The molecule has 1 unspecified atom stereocenters. The number of rotatable bonds is 2. The van der Waals surface area contributed by atoms with E-state index in [1.807, 2.05) is 41.5 Å². The molecule has 1 fully saturated rings. The molecule has 0 radical (unpaired) electrons. The number of nitrogens with zero attached hydrogens (tertiary/aromatic N) is 2. The average molecular weight is 374 g/mol. The van der Waals surface area contributed by atoms with Crippen LogP contribution in [-0.2, 0) is 0 Å². The van der Waals surface area contributed by atoms with E-state index in [-0.39, 0.29) is 36.8 Å². The van der Waals surface area contributed by atoms with Crippen molar-refractivity contribution in [1.82, 2.24) is 15.2 Å². The molecular formula is C16H21Cl2N3OS. The van der Waals surface area contributed by atoms with Crippen LogP contribution in [0.5, 0.6) is 0 Å². The second-order valence-corrected chi connectivity index (χ2v) is 6.28. The van der Waals surface area contributed by atoms with Crippen molar-refractivity contribution in [2.75, 3.05) is 19.6 Å². The third-order valence-corrected chi connectivity index (χ3v) is 4.75. The highest BCUT2D eigenvalue weighted by Gasteiger charge is 2.24. The maximum Gasteiger partial charge on any atom is 0.254 e. The van der Waals surface area contributed by atoms with Crippen molar-refractivity contribution in [3.63, 3.8) is 0 Å². The van der Waals surface area contributed by atoms with Crippen LogP contribution in [0.3, 0.4) is 0 Å². The van der Waals surface area contributed by atoms with Crippen LogP contribution in [0.25, 0.3) is 10.6 Å². The third kappa shape index (κ3) is 4.44. The fourth-order valence-corrected chi connectivity index (χ4v) is 3.38. The molecule has 1 aromatic carbocycles. The normalized spacial score (nSPS) is 17.1. The summed E-state index contributed by atoms with van der Waals surface area (Å²) in [4.78, 5) is 19.1. The van der Waals surface area contributed by atoms with Crippen molar-refractivity contribution in [3.05, 3.63) is 40.9 Å². The lowest BCUT2D eigenvalue weighted by atomic mass is 10.1. The number of carbonyl (C=O) groups is 1. The maximum absolute atomic E-state index is 12.7. The molecule has 0 aliphatic carbocycles. The van der Waals surface area contributed by atoms with Gasteiger partial charge in [-0.25, -0.2) is 4.98 Å². The van der Waals surface area contributed by atoms with Crippen LogP contribution in [0.2, 0.25) is 0 Å². The molecule has 0 bridgehead atoms. The zero-order chi connectivity index (χ0) is 14.8. The second-order valence-electron chi connectivity index (χ2n) is 5.43. The molecule has 0 saturated carbocycles. The van der Waals surface area contributed by atoms with Crippen molar-refractivity contribution in [3.8, 4) is 10.6 Å². The number of amides is 1. The Morgan fingerprint density at radius 3 is 2.83 bits per heavy atom. The van der Waals surface area contributed by atoms with E-state index in [1.54, 1.807) is 11.3 Å². The van der Waals surface area contributed by atoms with Gasteiger partial charge in [0.25, 0.3) is 5.91 Å². The number of nitrogens with one attached hydrogen (secondary N) is 1. The standard InChI is InChI=1S/C16H19N3OS.2ClH/c1-11-10-21-15(18-11)13-4-3-5-14(8-13)16(20)19-7-6-17-9-12(19)2;;/h3-5,8,10,12,17H,6-7,9H2,1-2H3;2*1H. The Balaban J connectivity index is 0.00000132. The largest absolute Gasteiger partial charge is 0.333 e. The Morgan fingerprint density at radius 2 is 2.17 bits per heavy atom. The average Bonchev–Trinajstić information content (AvgIpc) is 2.94. The van der Waals surface area contributed by atoms with Crippen LogP contribution >= 0.6 is 36.2 Å². The Kier molecular flexibility index (Phi) is 7.48. The van der Waals surface area contributed by atoms with Gasteiger partial charge in [0, 0.05) is 47.9 Å². The Hall–Kier alpha value is -1.14. The van der Waals surface area contributed by atoms with Crippen molar-refractivity contribution in [2.24, 2.45) is 0 Å². The SMILES string of the molecule is Cc1csc(-c2cccc(C(=O)N3CCNCC3C)c2)n1.Cl.Cl. The van der Waals surface area contributed by atoms with E-state index < -0.39 is 0 Å². The highest BCUT2D eigenvalue weighted by Crippen LogP contribution is 2.25. The van der Waals surface area contributed by atoms with E-state index in [4.69, 9.17) is 0 Å². The summed E-state index contributed by atoms with van der Waals surface area (Å²) in [6, 6.07) is 8.02. The van der Waals surface area contributed by atoms with E-state index in [9.17, 15) is 4.79 Å². The summed E-state index contributed by atoms with van der Waals surface area (Å²) >= 11 is 1.61. The fraction of sp³-hybridized carbons (Fsp3) is 0.375. The van der Waals surface area contributed by atoms with Crippen LogP contribution in [0, 0.1) is 6.92 Å². The zero-order valence-electron chi connectivity index (χ0n) is 13.1. The third-order valence-electron chi connectivity index (χ3n) is 3.74. The molecule has 3 rings (SSSR count). The van der Waals surface area contributed by atoms with E-state index >= 15 is 0 Å². The van der Waals surface area contributed by atoms with Crippen molar-refractivity contribution < 1.29 is 4.79 Å². The molecule has 23 heavy (non-hydrogen) atoms. The van der Waals surface area contributed by atoms with Gasteiger partial charge in [0.2, 0.25) is 0 Å². The monoisotopic (exact) mass is 373 g/mol. The van der Waals surface area contributed by atoms with Crippen LogP contribution in [-0.4, -0.2) is 41.5 Å². The molecular weight excluding hydrogens is 353 g/mol. The van der Waals surface area contributed by atoms with Gasteiger partial charge in [-0.15, -0.1) is 36.2 Å². The van der Waals surface area contributed by atoms with Gasteiger partial charge in [-0.2, -0.15) is 0 Å². The summed E-state index contributed by atoms with van der Waals surface area (Å²) in [5, 5.41) is 6.31. The molecule has 1 aliphatic heterocycles. The van der Waals surface area contributed by atoms with E-state index in [2.05, 4.69) is 17.2 Å². The number of hydrogen-bond donors (Lipinski definition) is 1. The molecule has 1 saturated heterocycles. The minimum atomic E-state index is 0. The Labute approximate surface area is 153 Å². The summed E-state index contributed by atoms with van der Waals surface area (Å²) in [5.41, 5.74) is 2.78. The molecule has 2 aromatic rings. The van der Waals surface area contributed by atoms with E-state index in [0.29, 0.717) is 0 Å². The van der Waals surface area contributed by atoms with Crippen molar-refractivity contribution in [2.45, 2.75) is 19.9 Å². The first kappa shape index (κ1) is 19.9. The number of halogens is 2. The number of hydrogen-bond acceptors (Lipinski definition) is 4. The molecule has 4 nitrogen and oxygen atoms in total. The summed E-state index contributed by atoms with van der Waals surface area (Å²) in [7, 11) is 0. The second kappa shape index (κ2) is 8.64. The summed E-state index contributed by atoms with van der Waals surface area (Å²) in [6.07, 6.45) is 0. The van der Waals surface area contributed by atoms with Gasteiger partial charge in [0.1, 0.15) is 5.01 Å². The molecule has 1 amide bonds. The molecule has 2 heterocycles. The van der Waals surface area contributed by atoms with Crippen LogP contribution in [0.15, 0.2) is 29.6 Å². The number of thiazole rings is 1. The quantitative estimate of drug-likeness (QED) is 0.877. The number of aromatic nitrogens is 1. The topological polar surface area (TPSA) is 45.2 Å². The summed E-state index contributed by atoms with van der Waals surface area (Å²) in [5.74, 6) is 0.110. The highest BCUT2D eigenvalue weighted by molar-refractivity contribution is 7.13. The van der Waals surface area contributed by atoms with Gasteiger partial charge < -0.3 is 10.2 Å². The predicted octanol–water partition coefficient (Wildman–Crippen LogP) is 3.40. The molecule has 126 valence electrons. The summed E-state index contributed by atoms with van der Waals surface area (Å²) in [6.45, 7) is 6.55. The van der Waals surface area contributed by atoms with Gasteiger partial charge in [-0.05, 0) is 26.0 Å². The smallest absolute Gasteiger partial charge is 0.254 e. The minimum Gasteiger partial charge on any atom is -0.333 e. The maximum atomic E-state index is 12.7. The first-order valence-corrected chi connectivity index (χ1v) is 8.07. The van der Waals surface area contributed by atoms with Crippen LogP contribution < -0.4 is 5.32 Å². The van der Waals surface area contributed by atoms with Crippen LogP contribution in [0.1, 0.15) is 23.0 Å². The molecule has 1 atom stereocenters. The lowest BCUT2D eigenvalue weighted by Crippen LogP contribution is -2.52. The predicted molar refractivity (Wildman–Crippen MR) is 100 cm³/mol. The van der Waals surface area contributed by atoms with Gasteiger partial charge in [-0.1, -0.05) is 12.1 Å². The number of benzene rings is 1. The molecule has 1 aliphatic rings. The van der Waals surface area contributed by atoms with Crippen molar-refractivity contribution >= 4 is 42.1 Å². The molecule has 1 N–H and O–H groups in total. The lowest BCUT2D eigenvalue weighted by Gasteiger charge is -2.34. The first-order chi connectivity index (χ1) is 10.1. The van der Waals surface area contributed by atoms with Gasteiger partial charge in [0.15, 0.2) is 0 Å². The van der Waals surface area contributed by atoms with Gasteiger partial charge in [-0.3, -0.25) is 4.79 Å². The van der Waals surface area contributed by atoms with Crippen LogP contribution in [0.4, 0.5) is 0 Å².